The van der Waals surface area contributed by atoms with Gasteiger partial charge in [0, 0.05) is 16.7 Å². The van der Waals surface area contributed by atoms with Gasteiger partial charge in [-0.05, 0) is 84.6 Å². The van der Waals surface area contributed by atoms with Gasteiger partial charge in [-0.15, -0.1) is 0 Å². The number of hydrogen-bond acceptors (Lipinski definition) is 3. The summed E-state index contributed by atoms with van der Waals surface area (Å²) < 4.78 is 15.4. The largest absolute Gasteiger partial charge is 0.208 e. The van der Waals surface area contributed by atoms with Crippen LogP contribution >= 0.6 is 0 Å². The van der Waals surface area contributed by atoms with Crippen molar-refractivity contribution < 1.29 is 4.39 Å². The molecule has 1 aromatic heterocycles. The third kappa shape index (κ3) is 4.37. The predicted molar refractivity (Wildman–Crippen MR) is 215 cm³/mol. The lowest BCUT2D eigenvalue weighted by atomic mass is 9.69. The molecule has 0 aliphatic heterocycles. The molecule has 54 heavy (non-hydrogen) atoms. The molecule has 3 nitrogen and oxygen atoms in total. The van der Waals surface area contributed by atoms with Gasteiger partial charge in [0.1, 0.15) is 5.82 Å². The number of fused-ring (bicyclic) bond motifs is 12. The van der Waals surface area contributed by atoms with Crippen molar-refractivity contribution in [1.82, 2.24) is 15.0 Å². The summed E-state index contributed by atoms with van der Waals surface area (Å²) in [6.07, 6.45) is 0. The molecule has 8 aromatic carbocycles. The molecule has 2 aliphatic carbocycles. The molecule has 0 bridgehead atoms. The quantitative estimate of drug-likeness (QED) is 0.184. The summed E-state index contributed by atoms with van der Waals surface area (Å²) in [4.78, 5) is 14.8. The highest BCUT2D eigenvalue weighted by molar-refractivity contribution is 6.09. The molecule has 1 spiro atoms. The smallest absolute Gasteiger partial charge is 0.164 e. The van der Waals surface area contributed by atoms with Crippen LogP contribution in [-0.4, -0.2) is 15.0 Å². The van der Waals surface area contributed by atoms with Crippen molar-refractivity contribution >= 4 is 10.8 Å². The Labute approximate surface area is 312 Å². The van der Waals surface area contributed by atoms with Crippen molar-refractivity contribution in [2.24, 2.45) is 0 Å². The number of rotatable bonds is 4. The number of nitrogens with zero attached hydrogens (tertiary/aromatic N) is 3. The van der Waals surface area contributed by atoms with E-state index in [0.29, 0.717) is 17.5 Å². The van der Waals surface area contributed by atoms with Gasteiger partial charge in [-0.2, -0.15) is 0 Å². The van der Waals surface area contributed by atoms with E-state index in [1.807, 2.05) is 66.7 Å². The van der Waals surface area contributed by atoms with E-state index >= 15 is 4.39 Å². The second-order valence-electron chi connectivity index (χ2n) is 14.0. The molecule has 9 aromatic rings. The summed E-state index contributed by atoms with van der Waals surface area (Å²) in [6, 6.07) is 62.3. The van der Waals surface area contributed by atoms with Crippen LogP contribution in [0.5, 0.6) is 0 Å². The molecule has 0 fully saturated rings. The van der Waals surface area contributed by atoms with Gasteiger partial charge in [-0.25, -0.2) is 19.3 Å². The Balaban J connectivity index is 1.15. The van der Waals surface area contributed by atoms with Gasteiger partial charge in [0.25, 0.3) is 0 Å². The van der Waals surface area contributed by atoms with E-state index in [1.54, 1.807) is 12.1 Å². The van der Waals surface area contributed by atoms with Crippen LogP contribution < -0.4 is 0 Å². The van der Waals surface area contributed by atoms with E-state index in [1.165, 1.54) is 33.4 Å². The minimum atomic E-state index is -0.604. The third-order valence-corrected chi connectivity index (χ3v) is 11.2. The zero-order valence-corrected chi connectivity index (χ0v) is 29.0. The van der Waals surface area contributed by atoms with Crippen molar-refractivity contribution in [2.45, 2.75) is 5.41 Å². The molecular weight excluding hydrogens is 662 g/mol. The molecule has 4 heteroatoms. The molecular formula is C50H30FN3. The van der Waals surface area contributed by atoms with Crippen LogP contribution in [0.25, 0.3) is 78.3 Å². The van der Waals surface area contributed by atoms with E-state index in [4.69, 9.17) is 15.0 Å². The van der Waals surface area contributed by atoms with Gasteiger partial charge in [-0.1, -0.05) is 164 Å². The lowest BCUT2D eigenvalue weighted by Crippen LogP contribution is -2.26. The van der Waals surface area contributed by atoms with E-state index in [2.05, 4.69) is 103 Å². The molecule has 0 radical (unpaired) electrons. The van der Waals surface area contributed by atoms with Gasteiger partial charge in [-0.3, -0.25) is 0 Å². The Morgan fingerprint density at radius 1 is 0.370 bits per heavy atom. The predicted octanol–water partition coefficient (Wildman–Crippen LogP) is 12.2. The summed E-state index contributed by atoms with van der Waals surface area (Å²) in [5, 5.41) is 1.93. The van der Waals surface area contributed by atoms with Crippen LogP contribution in [0.1, 0.15) is 22.3 Å². The zero-order valence-electron chi connectivity index (χ0n) is 29.0. The molecule has 0 unspecified atom stereocenters. The van der Waals surface area contributed by atoms with Gasteiger partial charge in [0.05, 0.1) is 5.41 Å². The van der Waals surface area contributed by atoms with Crippen LogP contribution in [-0.2, 0) is 5.41 Å². The minimum Gasteiger partial charge on any atom is -0.208 e. The second kappa shape index (κ2) is 11.7. The van der Waals surface area contributed by atoms with Crippen molar-refractivity contribution in [2.75, 3.05) is 0 Å². The van der Waals surface area contributed by atoms with Gasteiger partial charge >= 0.3 is 0 Å². The topological polar surface area (TPSA) is 38.7 Å². The fourth-order valence-electron chi connectivity index (χ4n) is 8.96. The van der Waals surface area contributed by atoms with Crippen LogP contribution in [0.4, 0.5) is 4.39 Å². The van der Waals surface area contributed by atoms with Crippen molar-refractivity contribution in [1.29, 1.82) is 0 Å². The Bertz CT molecular complexity index is 2830. The highest BCUT2D eigenvalue weighted by Crippen LogP contribution is 2.65. The molecule has 0 amide bonds. The number of aromatic nitrogens is 3. The summed E-state index contributed by atoms with van der Waals surface area (Å²) >= 11 is 0. The lowest BCUT2D eigenvalue weighted by Gasteiger charge is -2.31. The maximum atomic E-state index is 15.4. The van der Waals surface area contributed by atoms with Gasteiger partial charge in [0.15, 0.2) is 17.5 Å². The fourth-order valence-corrected chi connectivity index (χ4v) is 8.96. The second-order valence-corrected chi connectivity index (χ2v) is 14.0. The monoisotopic (exact) mass is 691 g/mol. The average Bonchev–Trinajstić information content (AvgIpc) is 3.72. The highest BCUT2D eigenvalue weighted by Gasteiger charge is 2.53. The molecule has 11 rings (SSSR count). The maximum Gasteiger partial charge on any atom is 0.164 e. The van der Waals surface area contributed by atoms with Crippen molar-refractivity contribution in [3.8, 4) is 67.5 Å². The van der Waals surface area contributed by atoms with E-state index in [-0.39, 0.29) is 5.82 Å². The number of halogens is 1. The third-order valence-electron chi connectivity index (χ3n) is 11.2. The van der Waals surface area contributed by atoms with Crippen LogP contribution in [0.3, 0.4) is 0 Å². The van der Waals surface area contributed by atoms with E-state index in [0.717, 1.165) is 49.7 Å². The normalized spacial score (nSPS) is 13.1. The van der Waals surface area contributed by atoms with Crippen molar-refractivity contribution in [3.63, 3.8) is 0 Å². The van der Waals surface area contributed by atoms with Crippen LogP contribution in [0, 0.1) is 5.82 Å². The fraction of sp³-hybridized carbons (Fsp3) is 0.0200. The summed E-state index contributed by atoms with van der Waals surface area (Å²) in [5.41, 5.74) is 13.9. The summed E-state index contributed by atoms with van der Waals surface area (Å²) in [5.74, 6) is 1.62. The first kappa shape index (κ1) is 30.6. The van der Waals surface area contributed by atoms with Gasteiger partial charge in [0.2, 0.25) is 0 Å². The molecule has 252 valence electrons. The molecule has 2 aliphatic rings. The summed E-state index contributed by atoms with van der Waals surface area (Å²) in [6.45, 7) is 0. The molecule has 0 saturated heterocycles. The van der Waals surface area contributed by atoms with Gasteiger partial charge < -0.3 is 0 Å². The van der Waals surface area contributed by atoms with Crippen LogP contribution in [0.2, 0.25) is 0 Å². The standard InChI is InChI=1S/C50H30FN3/c51-36-28-27-35-29-40(31-23-25-34(26-24-31)49-53-47(32-13-3-1-4-14-32)52-48(54-49)33-15-5-2-6-16-33)45-39-19-9-12-22-44(39)50(46(45)41(35)30-36)42-20-10-7-17-37(42)38-18-8-11-21-43(38)50/h1-30H. The molecule has 1 heterocycles. The first-order valence-electron chi connectivity index (χ1n) is 18.2. The highest BCUT2D eigenvalue weighted by atomic mass is 19.1. The molecule has 0 saturated carbocycles. The average molecular weight is 692 g/mol. The van der Waals surface area contributed by atoms with Crippen molar-refractivity contribution in [3.05, 3.63) is 210 Å². The minimum absolute atomic E-state index is 0.241. The summed E-state index contributed by atoms with van der Waals surface area (Å²) in [7, 11) is 0. The Morgan fingerprint density at radius 2 is 0.815 bits per heavy atom. The lowest BCUT2D eigenvalue weighted by molar-refractivity contribution is 0.629. The first-order chi connectivity index (χ1) is 26.7. The maximum absolute atomic E-state index is 15.4. The van der Waals surface area contributed by atoms with E-state index in [9.17, 15) is 0 Å². The SMILES string of the molecule is Fc1ccc2cc(-c3ccc(-c4nc(-c5ccccc5)nc(-c5ccccc5)n4)cc3)c3c(c2c1)C1(c2ccccc2-c2ccccc21)c1ccccc1-3. The number of benzene rings is 8. The molecule has 0 atom stereocenters. The Morgan fingerprint density at radius 3 is 1.37 bits per heavy atom. The van der Waals surface area contributed by atoms with Crippen LogP contribution in [0.15, 0.2) is 182 Å². The first-order valence-corrected chi connectivity index (χ1v) is 18.2. The zero-order chi connectivity index (χ0) is 35.8. The Hall–Kier alpha value is -7.04. The van der Waals surface area contributed by atoms with E-state index < -0.39 is 5.41 Å². The number of hydrogen-bond donors (Lipinski definition) is 0. The Kier molecular flexibility index (Phi) is 6.65. The molecule has 0 N–H and O–H groups in total.